The minimum absolute atomic E-state index is 0.0723. The van der Waals surface area contributed by atoms with Crippen LogP contribution < -0.4 is 16.6 Å². The summed E-state index contributed by atoms with van der Waals surface area (Å²) in [5, 5.41) is 37.2. The largest absolute Gasteiger partial charge is 0.394 e. The van der Waals surface area contributed by atoms with E-state index in [1.807, 2.05) is 0 Å². The number of aliphatic hydroxyl groups excluding tert-OH is 4. The van der Waals surface area contributed by atoms with Crippen molar-refractivity contribution >= 4 is 17.3 Å². The highest BCUT2D eigenvalue weighted by Crippen LogP contribution is 2.19. The minimum Gasteiger partial charge on any atom is -0.394 e. The molecule has 0 aromatic rings. The molecular weight excluding hydrogens is 238 g/mol. The molecule has 0 radical (unpaired) electrons. The monoisotopic (exact) mass is 253 g/mol. The lowest BCUT2D eigenvalue weighted by Gasteiger charge is -2.40. The van der Waals surface area contributed by atoms with Crippen LogP contribution in [0.15, 0.2) is 0 Å². The van der Waals surface area contributed by atoms with Gasteiger partial charge < -0.3 is 30.9 Å². The van der Waals surface area contributed by atoms with Gasteiger partial charge >= 0.3 is 0 Å². The highest BCUT2D eigenvalue weighted by atomic mass is 32.1. The van der Waals surface area contributed by atoms with Crippen molar-refractivity contribution in [2.24, 2.45) is 5.73 Å². The van der Waals surface area contributed by atoms with Gasteiger partial charge in [-0.3, -0.25) is 5.43 Å². The number of hydrazine groups is 1. The quantitative estimate of drug-likeness (QED) is 0.199. The first-order valence-electron chi connectivity index (χ1n) is 4.59. The summed E-state index contributed by atoms with van der Waals surface area (Å²) >= 11 is 4.52. The number of rotatable bonds is 3. The van der Waals surface area contributed by atoms with E-state index >= 15 is 0 Å². The molecule has 1 aliphatic rings. The average Bonchev–Trinajstić information content (AvgIpc) is 2.25. The van der Waals surface area contributed by atoms with E-state index < -0.39 is 37.3 Å². The first-order valence-corrected chi connectivity index (χ1v) is 4.99. The number of aliphatic hydroxyl groups is 4. The van der Waals surface area contributed by atoms with Crippen LogP contribution in [-0.2, 0) is 4.74 Å². The van der Waals surface area contributed by atoms with Crippen LogP contribution in [0.5, 0.6) is 0 Å². The summed E-state index contributed by atoms with van der Waals surface area (Å²) in [6.07, 6.45) is -6.21. The Morgan fingerprint density at radius 1 is 1.25 bits per heavy atom. The van der Waals surface area contributed by atoms with Crippen LogP contribution in [-0.4, -0.2) is 62.8 Å². The van der Waals surface area contributed by atoms with Crippen molar-refractivity contribution in [2.75, 3.05) is 6.61 Å². The van der Waals surface area contributed by atoms with Crippen molar-refractivity contribution in [2.45, 2.75) is 30.6 Å². The van der Waals surface area contributed by atoms with Crippen LogP contribution >= 0.6 is 12.2 Å². The SMILES string of the molecule is NC(=S)NN[C@@H]1O[C@H](CO)[C@H](O)[C@H](O)[C@@H]1O. The summed E-state index contributed by atoms with van der Waals surface area (Å²) in [6.45, 7) is -0.490. The number of ether oxygens (including phenoxy) is 1. The molecule has 0 saturated carbocycles. The van der Waals surface area contributed by atoms with Crippen LogP contribution in [0.3, 0.4) is 0 Å². The molecule has 8 nitrogen and oxygen atoms in total. The molecule has 0 aromatic carbocycles. The minimum atomic E-state index is -1.43. The second kappa shape index (κ2) is 5.68. The Labute approximate surface area is 97.0 Å². The van der Waals surface area contributed by atoms with Crippen molar-refractivity contribution < 1.29 is 25.2 Å². The van der Waals surface area contributed by atoms with E-state index in [0.29, 0.717) is 0 Å². The van der Waals surface area contributed by atoms with Gasteiger partial charge in [-0.2, -0.15) is 0 Å². The lowest BCUT2D eigenvalue weighted by atomic mass is 9.99. The summed E-state index contributed by atoms with van der Waals surface area (Å²) in [5.41, 5.74) is 9.88. The maximum atomic E-state index is 9.53. The molecule has 0 aliphatic carbocycles. The van der Waals surface area contributed by atoms with Crippen molar-refractivity contribution in [1.82, 2.24) is 10.9 Å². The van der Waals surface area contributed by atoms with Gasteiger partial charge in [-0.05, 0) is 12.2 Å². The maximum Gasteiger partial charge on any atom is 0.178 e. The number of hydrogen-bond acceptors (Lipinski definition) is 7. The molecule has 8 N–H and O–H groups in total. The molecule has 1 heterocycles. The Balaban J connectivity index is 2.60. The lowest BCUT2D eigenvalue weighted by molar-refractivity contribution is -0.238. The Bertz CT molecular complexity index is 254. The normalized spacial score (nSPS) is 39.4. The van der Waals surface area contributed by atoms with E-state index in [4.69, 9.17) is 15.6 Å². The van der Waals surface area contributed by atoms with Crippen LogP contribution in [0, 0.1) is 0 Å². The van der Waals surface area contributed by atoms with Crippen LogP contribution in [0.25, 0.3) is 0 Å². The third-order valence-corrected chi connectivity index (χ3v) is 2.33. The molecule has 1 aliphatic heterocycles. The lowest BCUT2D eigenvalue weighted by Crippen LogP contribution is -2.65. The predicted molar refractivity (Wildman–Crippen MR) is 56.8 cm³/mol. The fourth-order valence-electron chi connectivity index (χ4n) is 1.36. The molecule has 94 valence electrons. The second-order valence-electron chi connectivity index (χ2n) is 3.38. The van der Waals surface area contributed by atoms with Crippen molar-refractivity contribution in [3.63, 3.8) is 0 Å². The molecule has 16 heavy (non-hydrogen) atoms. The Hall–Kier alpha value is -0.550. The van der Waals surface area contributed by atoms with Crippen molar-refractivity contribution in [3.05, 3.63) is 0 Å². The average molecular weight is 253 g/mol. The van der Waals surface area contributed by atoms with Gasteiger partial charge in [-0.25, -0.2) is 5.43 Å². The van der Waals surface area contributed by atoms with Crippen LogP contribution in [0.2, 0.25) is 0 Å². The predicted octanol–water partition coefficient (Wildman–Crippen LogP) is -3.88. The van der Waals surface area contributed by atoms with Gasteiger partial charge in [-0.15, -0.1) is 0 Å². The van der Waals surface area contributed by atoms with Gasteiger partial charge in [0.25, 0.3) is 0 Å². The first kappa shape index (κ1) is 13.5. The third-order valence-electron chi connectivity index (χ3n) is 2.23. The molecule has 9 heteroatoms. The summed E-state index contributed by atoms with van der Waals surface area (Å²) < 4.78 is 5.08. The second-order valence-corrected chi connectivity index (χ2v) is 3.82. The van der Waals surface area contributed by atoms with E-state index in [1.165, 1.54) is 0 Å². The maximum absolute atomic E-state index is 9.53. The molecule has 1 saturated heterocycles. The smallest absolute Gasteiger partial charge is 0.178 e. The molecular formula is C7H15N3O5S. The first-order chi connectivity index (χ1) is 7.47. The Morgan fingerprint density at radius 2 is 1.88 bits per heavy atom. The van der Waals surface area contributed by atoms with Gasteiger partial charge in [0, 0.05) is 0 Å². The topological polar surface area (TPSA) is 140 Å². The molecule has 0 bridgehead atoms. The van der Waals surface area contributed by atoms with Crippen LogP contribution in [0.1, 0.15) is 0 Å². The van der Waals surface area contributed by atoms with E-state index in [1.54, 1.807) is 0 Å². The number of nitrogens with two attached hydrogens (primary N) is 1. The van der Waals surface area contributed by atoms with Gasteiger partial charge in [0.15, 0.2) is 11.3 Å². The van der Waals surface area contributed by atoms with Crippen molar-refractivity contribution in [1.29, 1.82) is 0 Å². The highest BCUT2D eigenvalue weighted by Gasteiger charge is 2.43. The summed E-state index contributed by atoms with van der Waals surface area (Å²) in [7, 11) is 0. The summed E-state index contributed by atoms with van der Waals surface area (Å²) in [6, 6.07) is 0. The van der Waals surface area contributed by atoms with E-state index in [0.717, 1.165) is 0 Å². The molecule has 0 unspecified atom stereocenters. The van der Waals surface area contributed by atoms with Gasteiger partial charge in [0.05, 0.1) is 6.61 Å². The molecule has 0 amide bonds. The zero-order valence-corrected chi connectivity index (χ0v) is 9.09. The molecule has 0 aromatic heterocycles. The fourth-order valence-corrected chi connectivity index (χ4v) is 1.42. The zero-order valence-electron chi connectivity index (χ0n) is 8.28. The van der Waals surface area contributed by atoms with Gasteiger partial charge in [-0.1, -0.05) is 0 Å². The van der Waals surface area contributed by atoms with Crippen molar-refractivity contribution in [3.8, 4) is 0 Å². The van der Waals surface area contributed by atoms with E-state index in [2.05, 4.69) is 23.1 Å². The summed E-state index contributed by atoms with van der Waals surface area (Å²) in [5.74, 6) is 0. The number of thiocarbonyl (C=S) groups is 1. The number of hydrogen-bond donors (Lipinski definition) is 7. The van der Waals surface area contributed by atoms with Crippen LogP contribution in [0.4, 0.5) is 0 Å². The van der Waals surface area contributed by atoms with E-state index in [9.17, 15) is 15.3 Å². The zero-order chi connectivity index (χ0) is 12.3. The van der Waals surface area contributed by atoms with Gasteiger partial charge in [0.1, 0.15) is 24.4 Å². The Kier molecular flexibility index (Phi) is 4.80. The highest BCUT2D eigenvalue weighted by molar-refractivity contribution is 7.80. The third kappa shape index (κ3) is 2.98. The Morgan fingerprint density at radius 3 is 2.38 bits per heavy atom. The standard InChI is InChI=1S/C7H15N3O5S/c8-7(16)10-9-6-5(14)4(13)3(12)2(1-11)15-6/h2-6,9,11-14H,1H2,(H3,8,10,16)/t2-,3+,4+,5+,6-/m1/s1. The van der Waals surface area contributed by atoms with E-state index in [-0.39, 0.29) is 5.11 Å². The molecule has 5 atom stereocenters. The number of nitrogens with one attached hydrogen (secondary N) is 2. The van der Waals surface area contributed by atoms with Gasteiger partial charge in [0.2, 0.25) is 0 Å². The molecule has 0 spiro atoms. The summed E-state index contributed by atoms with van der Waals surface area (Å²) in [4.78, 5) is 0. The fraction of sp³-hybridized carbons (Fsp3) is 0.857. The molecule has 1 fully saturated rings. The molecule has 1 rings (SSSR count).